The zero-order valence-corrected chi connectivity index (χ0v) is 32.6. The molecule has 2 aromatic heterocycles. The van der Waals surface area contributed by atoms with Gasteiger partial charge in [-0.1, -0.05) is 61.6 Å². The zero-order valence-electron chi connectivity index (χ0n) is 31.0. The Morgan fingerprint density at radius 3 is 2.52 bits per heavy atom. The standard InChI is InChI=1S/C42H45N5O5S2/c1-24-19-27-21-25(2)39(29(20-24)22-27)46(4)54(51,52)36-14-8-10-30(26(36)3)31-15-16-37(44-38(31)41(49)50)47-18-17-28-9-7-11-32(33(28)23-47)40(48)45-42-43-34-12-5-6-13-35(34)53-42/h5-16,24-25,27,29,39H,17-23H2,1-4H3,(H,49,50)(H,43,45,48). The Morgan fingerprint density at radius 1 is 0.926 bits per heavy atom. The van der Waals surface area contributed by atoms with Crippen molar-refractivity contribution in [3.05, 3.63) is 101 Å². The van der Waals surface area contributed by atoms with E-state index in [2.05, 4.69) is 29.1 Å². The number of aromatic carboxylic acids is 1. The summed E-state index contributed by atoms with van der Waals surface area (Å²) in [5, 5.41) is 14.0. The van der Waals surface area contributed by atoms with Gasteiger partial charge >= 0.3 is 5.97 Å². The zero-order chi connectivity index (χ0) is 37.9. The Labute approximate surface area is 320 Å². The van der Waals surface area contributed by atoms with Crippen molar-refractivity contribution in [1.29, 1.82) is 0 Å². The number of anilines is 2. The van der Waals surface area contributed by atoms with Crippen LogP contribution in [0.2, 0.25) is 0 Å². The number of nitrogens with one attached hydrogen (secondary N) is 1. The predicted molar refractivity (Wildman–Crippen MR) is 213 cm³/mol. The van der Waals surface area contributed by atoms with E-state index in [0.717, 1.165) is 40.6 Å². The Balaban J connectivity index is 1.07. The third-order valence-electron chi connectivity index (χ3n) is 11.9. The van der Waals surface area contributed by atoms with Gasteiger partial charge in [-0.3, -0.25) is 10.1 Å². The number of thiazole rings is 1. The predicted octanol–water partition coefficient (Wildman–Crippen LogP) is 8.26. The molecule has 5 aromatic rings. The van der Waals surface area contributed by atoms with Crippen molar-refractivity contribution in [3.8, 4) is 11.1 Å². The van der Waals surface area contributed by atoms with Crippen LogP contribution in [0.15, 0.2) is 77.7 Å². The molecule has 280 valence electrons. The number of carbonyl (C=O) groups excluding carboxylic acids is 1. The lowest BCUT2D eigenvalue weighted by Crippen LogP contribution is -2.51. The molecule has 5 unspecified atom stereocenters. The number of hydrogen-bond acceptors (Lipinski definition) is 8. The van der Waals surface area contributed by atoms with Crippen molar-refractivity contribution in [2.24, 2.45) is 23.7 Å². The number of fused-ring (bicyclic) bond motifs is 4. The van der Waals surface area contributed by atoms with Crippen LogP contribution in [0.1, 0.15) is 77.1 Å². The highest BCUT2D eigenvalue weighted by molar-refractivity contribution is 7.89. The van der Waals surface area contributed by atoms with Crippen LogP contribution in [-0.2, 0) is 23.0 Å². The average molecular weight is 764 g/mol. The van der Waals surface area contributed by atoms with E-state index in [4.69, 9.17) is 0 Å². The fourth-order valence-electron chi connectivity index (χ4n) is 9.64. The second-order valence-corrected chi connectivity index (χ2v) is 18.5. The van der Waals surface area contributed by atoms with E-state index < -0.39 is 16.0 Å². The van der Waals surface area contributed by atoms with Crippen LogP contribution in [0, 0.1) is 30.6 Å². The van der Waals surface area contributed by atoms with Crippen molar-refractivity contribution < 1.29 is 23.1 Å². The second kappa shape index (κ2) is 14.2. The first-order chi connectivity index (χ1) is 25.9. The number of benzene rings is 3. The lowest BCUT2D eigenvalue weighted by molar-refractivity contribution is 0.0421. The lowest BCUT2D eigenvalue weighted by atomic mass is 9.63. The summed E-state index contributed by atoms with van der Waals surface area (Å²) in [5.41, 5.74) is 4.47. The number of hydrogen-bond donors (Lipinski definition) is 2. The first-order valence-corrected chi connectivity index (χ1v) is 21.0. The van der Waals surface area contributed by atoms with Crippen LogP contribution >= 0.6 is 11.3 Å². The van der Waals surface area contributed by atoms with E-state index in [9.17, 15) is 23.1 Å². The second-order valence-electron chi connectivity index (χ2n) is 15.5. The number of sulfonamides is 1. The van der Waals surface area contributed by atoms with Crippen LogP contribution in [0.3, 0.4) is 0 Å². The van der Waals surface area contributed by atoms with E-state index in [1.165, 1.54) is 17.8 Å². The van der Waals surface area contributed by atoms with E-state index in [1.54, 1.807) is 54.7 Å². The molecule has 3 aromatic carbocycles. The van der Waals surface area contributed by atoms with Gasteiger partial charge in [0.2, 0.25) is 10.0 Å². The van der Waals surface area contributed by atoms with Crippen molar-refractivity contribution in [1.82, 2.24) is 14.3 Å². The van der Waals surface area contributed by atoms with Gasteiger partial charge in [0.25, 0.3) is 5.91 Å². The molecular formula is C42H45N5O5S2. The van der Waals surface area contributed by atoms with Gasteiger partial charge in [-0.05, 0) is 121 Å². The molecule has 2 aliphatic carbocycles. The van der Waals surface area contributed by atoms with E-state index in [-0.39, 0.29) is 28.5 Å². The summed E-state index contributed by atoms with van der Waals surface area (Å²) in [6, 6.07) is 21.9. The topological polar surface area (TPSA) is 133 Å². The van der Waals surface area contributed by atoms with Gasteiger partial charge in [0.15, 0.2) is 10.8 Å². The molecule has 1 aliphatic heterocycles. The monoisotopic (exact) mass is 763 g/mol. The molecule has 12 heteroatoms. The maximum Gasteiger partial charge on any atom is 0.355 e. The minimum Gasteiger partial charge on any atom is -0.476 e. The minimum atomic E-state index is -3.89. The minimum absolute atomic E-state index is 0.0821. The molecule has 5 atom stereocenters. The Hall–Kier alpha value is -4.65. The summed E-state index contributed by atoms with van der Waals surface area (Å²) in [6.07, 6.45) is 5.01. The van der Waals surface area contributed by atoms with Gasteiger partial charge in [-0.25, -0.2) is 23.2 Å². The summed E-state index contributed by atoms with van der Waals surface area (Å²) >= 11 is 1.42. The normalized spacial score (nSPS) is 22.6. The number of pyridine rings is 1. The van der Waals surface area contributed by atoms with Crippen molar-refractivity contribution in [3.63, 3.8) is 0 Å². The largest absolute Gasteiger partial charge is 0.476 e. The SMILES string of the molecule is Cc1c(-c2ccc(N3CCc4cccc(C(=O)Nc5nc6ccccc6s5)c4C3)nc2C(=O)O)cccc1S(=O)(=O)N(C)C1C(C)CC2CC(C)CC1C2. The maximum atomic E-state index is 14.4. The molecule has 2 saturated carbocycles. The number of aromatic nitrogens is 2. The van der Waals surface area contributed by atoms with Crippen LogP contribution in [0.25, 0.3) is 21.3 Å². The first kappa shape index (κ1) is 36.3. The lowest BCUT2D eigenvalue weighted by Gasteiger charge is -2.49. The number of carboxylic acids is 1. The fraction of sp³-hybridized carbons (Fsp3) is 0.381. The molecular weight excluding hydrogens is 719 g/mol. The molecule has 2 bridgehead atoms. The molecule has 54 heavy (non-hydrogen) atoms. The van der Waals surface area contributed by atoms with Gasteiger partial charge in [0, 0.05) is 37.3 Å². The maximum absolute atomic E-state index is 14.4. The fourth-order valence-corrected chi connectivity index (χ4v) is 12.3. The summed E-state index contributed by atoms with van der Waals surface area (Å²) in [4.78, 5) is 37.8. The number of amides is 1. The van der Waals surface area contributed by atoms with Crippen LogP contribution < -0.4 is 10.2 Å². The van der Waals surface area contributed by atoms with E-state index in [0.29, 0.717) is 70.5 Å². The Kier molecular flexibility index (Phi) is 9.56. The third kappa shape index (κ3) is 6.58. The number of nitrogens with zero attached hydrogens (tertiary/aromatic N) is 4. The van der Waals surface area contributed by atoms with Gasteiger partial charge in [0.1, 0.15) is 5.82 Å². The van der Waals surface area contributed by atoms with Crippen LogP contribution in [0.4, 0.5) is 10.9 Å². The molecule has 2 fully saturated rings. The summed E-state index contributed by atoms with van der Waals surface area (Å²) in [7, 11) is -2.17. The highest BCUT2D eigenvalue weighted by Crippen LogP contribution is 2.47. The number of para-hydroxylation sites is 1. The molecule has 2 N–H and O–H groups in total. The molecule has 10 nitrogen and oxygen atoms in total. The molecule has 0 radical (unpaired) electrons. The molecule has 3 aliphatic rings. The van der Waals surface area contributed by atoms with Gasteiger partial charge in [-0.15, -0.1) is 0 Å². The number of carbonyl (C=O) groups is 2. The van der Waals surface area contributed by atoms with Gasteiger partial charge in [0.05, 0.1) is 15.1 Å². The van der Waals surface area contributed by atoms with E-state index in [1.807, 2.05) is 41.3 Å². The highest BCUT2D eigenvalue weighted by Gasteiger charge is 2.45. The van der Waals surface area contributed by atoms with Crippen molar-refractivity contribution in [2.45, 2.75) is 70.4 Å². The average Bonchev–Trinajstić information content (AvgIpc) is 3.56. The van der Waals surface area contributed by atoms with Crippen molar-refractivity contribution in [2.75, 3.05) is 23.8 Å². The van der Waals surface area contributed by atoms with Crippen LogP contribution in [0.5, 0.6) is 0 Å². The molecule has 1 amide bonds. The Bertz CT molecular complexity index is 2360. The number of carboxylic acid groups (broad SMARTS) is 1. The molecule has 8 rings (SSSR count). The quantitative estimate of drug-likeness (QED) is 0.162. The highest BCUT2D eigenvalue weighted by atomic mass is 32.2. The summed E-state index contributed by atoms with van der Waals surface area (Å²) in [6.45, 7) is 7.16. The van der Waals surface area contributed by atoms with Crippen molar-refractivity contribution >= 4 is 54.4 Å². The summed E-state index contributed by atoms with van der Waals surface area (Å²) < 4.78 is 31.3. The Morgan fingerprint density at radius 2 is 1.72 bits per heavy atom. The van der Waals surface area contributed by atoms with E-state index >= 15 is 0 Å². The van der Waals surface area contributed by atoms with Crippen LogP contribution in [-0.4, -0.2) is 59.3 Å². The van der Waals surface area contributed by atoms with Gasteiger partial charge < -0.3 is 10.0 Å². The molecule has 0 saturated heterocycles. The smallest absolute Gasteiger partial charge is 0.355 e. The number of rotatable bonds is 8. The summed E-state index contributed by atoms with van der Waals surface area (Å²) in [5.74, 6) is 0.836. The molecule has 0 spiro atoms. The third-order valence-corrected chi connectivity index (χ3v) is 14.9. The van der Waals surface area contributed by atoms with Gasteiger partial charge in [-0.2, -0.15) is 4.31 Å². The molecule has 3 heterocycles. The first-order valence-electron chi connectivity index (χ1n) is 18.7.